The van der Waals surface area contributed by atoms with E-state index in [1.807, 2.05) is 0 Å². The second kappa shape index (κ2) is 13.9. The summed E-state index contributed by atoms with van der Waals surface area (Å²) < 4.78 is 30.3. The van der Waals surface area contributed by atoms with Gasteiger partial charge in [0.05, 0.1) is 6.54 Å². The van der Waals surface area contributed by atoms with Crippen LogP contribution in [0.3, 0.4) is 0 Å². The van der Waals surface area contributed by atoms with Crippen LogP contribution in [0.4, 0.5) is 8.78 Å². The van der Waals surface area contributed by atoms with Crippen LogP contribution in [0.25, 0.3) is 0 Å². The molecule has 2 aliphatic heterocycles. The Balaban J connectivity index is 0.000000446. The van der Waals surface area contributed by atoms with Crippen LogP contribution in [-0.2, 0) is 29.1 Å². The molecule has 5 rings (SSSR count). The van der Waals surface area contributed by atoms with Crippen molar-refractivity contribution >= 4 is 17.7 Å². The van der Waals surface area contributed by atoms with Crippen molar-refractivity contribution in [2.24, 2.45) is 5.92 Å². The van der Waals surface area contributed by atoms with Crippen molar-refractivity contribution in [3.05, 3.63) is 99.8 Å². The van der Waals surface area contributed by atoms with Crippen molar-refractivity contribution in [3.63, 3.8) is 0 Å². The standard InChI is InChI=1S/C26H28F2N4O2.C4H4O4/c27-20-8-4-18(5-9-20)23-17-30(14-12-22(23)25(33)19-6-10-21(28)11-7-19)15-16-32-26(34)31-13-2-1-3-24(31)29-32;5-3(6)1-2-4(7)8/h4-11,22-23H,1-3,12-17H2;1-2H,(H,5,6)(H,7,8). The molecule has 1 fully saturated rings. The number of aliphatic carboxylic acids is 2. The van der Waals surface area contributed by atoms with Crippen molar-refractivity contribution in [1.29, 1.82) is 0 Å². The summed E-state index contributed by atoms with van der Waals surface area (Å²) in [5.74, 6) is -2.77. The lowest BCUT2D eigenvalue weighted by Gasteiger charge is -2.38. The zero-order valence-electron chi connectivity index (χ0n) is 22.9. The summed E-state index contributed by atoms with van der Waals surface area (Å²) in [6.07, 6.45) is 4.65. The highest BCUT2D eigenvalue weighted by Crippen LogP contribution is 2.35. The number of halogens is 2. The van der Waals surface area contributed by atoms with E-state index in [0.29, 0.717) is 50.3 Å². The van der Waals surface area contributed by atoms with E-state index in [9.17, 15) is 28.0 Å². The van der Waals surface area contributed by atoms with E-state index in [-0.39, 0.29) is 34.9 Å². The topological polar surface area (TPSA) is 135 Å². The van der Waals surface area contributed by atoms with Gasteiger partial charge in [-0.15, -0.1) is 0 Å². The summed E-state index contributed by atoms with van der Waals surface area (Å²) in [5.41, 5.74) is 1.34. The smallest absolute Gasteiger partial charge is 0.345 e. The van der Waals surface area contributed by atoms with Gasteiger partial charge in [0, 0.05) is 55.6 Å². The van der Waals surface area contributed by atoms with E-state index in [4.69, 9.17) is 10.2 Å². The number of likely N-dealkylation sites (tertiary alicyclic amines) is 1. The monoisotopic (exact) mass is 582 g/mol. The number of carbonyl (C=O) groups excluding carboxylic acids is 1. The minimum atomic E-state index is -1.26. The first-order chi connectivity index (χ1) is 20.1. The molecule has 42 heavy (non-hydrogen) atoms. The largest absolute Gasteiger partial charge is 0.478 e. The fraction of sp³-hybridized carbons (Fsp3) is 0.367. The molecule has 10 nitrogen and oxygen atoms in total. The number of rotatable bonds is 8. The van der Waals surface area contributed by atoms with Crippen LogP contribution >= 0.6 is 0 Å². The van der Waals surface area contributed by atoms with E-state index < -0.39 is 11.9 Å². The number of ketones is 1. The van der Waals surface area contributed by atoms with Crippen molar-refractivity contribution in [2.75, 3.05) is 19.6 Å². The molecule has 2 aromatic carbocycles. The van der Waals surface area contributed by atoms with Crippen molar-refractivity contribution < 1.29 is 33.4 Å². The van der Waals surface area contributed by atoms with E-state index in [1.165, 1.54) is 36.4 Å². The van der Waals surface area contributed by atoms with Crippen LogP contribution in [0.1, 0.15) is 46.9 Å². The summed E-state index contributed by atoms with van der Waals surface area (Å²) in [4.78, 5) is 47.3. The van der Waals surface area contributed by atoms with Crippen LogP contribution < -0.4 is 5.69 Å². The number of carboxylic acids is 2. The molecule has 1 saturated heterocycles. The minimum Gasteiger partial charge on any atom is -0.478 e. The summed E-state index contributed by atoms with van der Waals surface area (Å²) >= 11 is 0. The van der Waals surface area contributed by atoms with Gasteiger partial charge in [0.1, 0.15) is 17.5 Å². The molecule has 2 unspecified atom stereocenters. The predicted octanol–water partition coefficient (Wildman–Crippen LogP) is 3.36. The van der Waals surface area contributed by atoms with E-state index in [0.717, 1.165) is 37.2 Å². The van der Waals surface area contributed by atoms with E-state index in [2.05, 4.69) is 10.00 Å². The van der Waals surface area contributed by atoms with Gasteiger partial charge in [0.25, 0.3) is 0 Å². The fourth-order valence-corrected chi connectivity index (χ4v) is 5.39. The summed E-state index contributed by atoms with van der Waals surface area (Å²) in [5, 5.41) is 20.2. The van der Waals surface area contributed by atoms with Crippen molar-refractivity contribution in [1.82, 2.24) is 19.2 Å². The highest BCUT2D eigenvalue weighted by molar-refractivity contribution is 5.98. The molecular formula is C30H32F2N4O6. The van der Waals surface area contributed by atoms with Crippen molar-refractivity contribution in [3.8, 4) is 0 Å². The van der Waals surface area contributed by atoms with Gasteiger partial charge < -0.3 is 15.1 Å². The first kappa shape index (κ1) is 30.5. The highest BCUT2D eigenvalue weighted by Gasteiger charge is 2.35. The summed E-state index contributed by atoms with van der Waals surface area (Å²) in [7, 11) is 0. The molecular weight excluding hydrogens is 550 g/mol. The number of carbonyl (C=O) groups is 3. The zero-order valence-corrected chi connectivity index (χ0v) is 22.9. The molecule has 2 N–H and O–H groups in total. The van der Waals surface area contributed by atoms with Crippen LogP contribution in [0.15, 0.2) is 65.5 Å². The second-order valence-electron chi connectivity index (χ2n) is 10.3. The molecule has 0 saturated carbocycles. The van der Waals surface area contributed by atoms with Gasteiger partial charge in [-0.05, 0) is 67.8 Å². The van der Waals surface area contributed by atoms with Gasteiger partial charge >= 0.3 is 17.6 Å². The van der Waals surface area contributed by atoms with Crippen molar-refractivity contribution in [2.45, 2.75) is 44.7 Å². The maximum absolute atomic E-state index is 13.6. The van der Waals surface area contributed by atoms with Crippen LogP contribution in [-0.4, -0.2) is 66.8 Å². The zero-order chi connectivity index (χ0) is 30.2. The SMILES string of the molecule is O=C(O)C=CC(=O)O.O=C(c1ccc(F)cc1)C1CCN(CCn2nc3n(c2=O)CCCC3)CC1c1ccc(F)cc1. The number of hydrogen-bond donors (Lipinski definition) is 2. The quantitative estimate of drug-likeness (QED) is 0.305. The summed E-state index contributed by atoms with van der Waals surface area (Å²) in [6, 6.07) is 12.0. The Bertz CT molecular complexity index is 1480. The maximum Gasteiger partial charge on any atom is 0.345 e. The van der Waals surface area contributed by atoms with Gasteiger partial charge in [-0.2, -0.15) is 5.10 Å². The fourth-order valence-electron chi connectivity index (χ4n) is 5.39. The number of fused-ring (bicyclic) bond motifs is 1. The third-order valence-electron chi connectivity index (χ3n) is 7.49. The van der Waals surface area contributed by atoms with E-state index >= 15 is 0 Å². The van der Waals surface area contributed by atoms with E-state index in [1.54, 1.807) is 21.4 Å². The number of carboxylic acid groups (broad SMARTS) is 2. The maximum atomic E-state index is 13.6. The lowest BCUT2D eigenvalue weighted by atomic mass is 9.76. The molecule has 0 aliphatic carbocycles. The number of nitrogens with zero attached hydrogens (tertiary/aromatic N) is 4. The number of Topliss-reactive ketones (excluding diaryl/α,β-unsaturated/α-hetero) is 1. The molecule has 2 atom stereocenters. The molecule has 12 heteroatoms. The molecule has 3 heterocycles. The number of aryl methyl sites for hydroxylation is 1. The number of hydrogen-bond acceptors (Lipinski definition) is 6. The normalized spacial score (nSPS) is 18.6. The third-order valence-corrected chi connectivity index (χ3v) is 7.49. The molecule has 222 valence electrons. The van der Waals surface area contributed by atoms with Crippen LogP contribution in [0.2, 0.25) is 0 Å². The van der Waals surface area contributed by atoms with Gasteiger partial charge in [-0.3, -0.25) is 9.36 Å². The Morgan fingerprint density at radius 1 is 0.881 bits per heavy atom. The van der Waals surface area contributed by atoms with Gasteiger partial charge in [-0.1, -0.05) is 12.1 Å². The number of benzene rings is 2. The minimum absolute atomic E-state index is 0.0213. The number of aromatic nitrogens is 3. The Morgan fingerprint density at radius 3 is 2.10 bits per heavy atom. The molecule has 2 aliphatic rings. The Morgan fingerprint density at radius 2 is 1.50 bits per heavy atom. The van der Waals surface area contributed by atoms with Gasteiger partial charge in [-0.25, -0.2) is 27.8 Å². The predicted molar refractivity (Wildman–Crippen MR) is 148 cm³/mol. The molecule has 3 aromatic rings. The highest BCUT2D eigenvalue weighted by atomic mass is 19.1. The molecule has 0 amide bonds. The lowest BCUT2D eigenvalue weighted by Crippen LogP contribution is -2.43. The first-order valence-corrected chi connectivity index (χ1v) is 13.7. The third kappa shape index (κ3) is 7.84. The second-order valence-corrected chi connectivity index (χ2v) is 10.3. The molecule has 0 bridgehead atoms. The lowest BCUT2D eigenvalue weighted by molar-refractivity contribution is -0.134. The average molecular weight is 583 g/mol. The van der Waals surface area contributed by atoms with Gasteiger partial charge in [0.2, 0.25) is 0 Å². The average Bonchev–Trinajstić information content (AvgIpc) is 3.31. The Kier molecular flexibility index (Phi) is 10.1. The Labute approximate surface area is 240 Å². The summed E-state index contributed by atoms with van der Waals surface area (Å²) in [6.45, 7) is 3.19. The molecule has 1 aromatic heterocycles. The first-order valence-electron chi connectivity index (χ1n) is 13.7. The number of piperidine rings is 1. The molecule has 0 spiro atoms. The Hall–Kier alpha value is -4.45. The van der Waals surface area contributed by atoms with Crippen LogP contribution in [0, 0.1) is 17.6 Å². The van der Waals surface area contributed by atoms with Gasteiger partial charge in [0.15, 0.2) is 5.78 Å². The van der Waals surface area contributed by atoms with Crippen LogP contribution in [0.5, 0.6) is 0 Å². The molecule has 0 radical (unpaired) electrons.